The van der Waals surface area contributed by atoms with Crippen molar-refractivity contribution in [3.05, 3.63) is 58.5 Å². The Morgan fingerprint density at radius 2 is 1.92 bits per heavy atom. The van der Waals surface area contributed by atoms with Gasteiger partial charge in [0.25, 0.3) is 0 Å². The van der Waals surface area contributed by atoms with Crippen molar-refractivity contribution in [1.29, 1.82) is 0 Å². The Labute approximate surface area is 230 Å². The Morgan fingerprint density at radius 1 is 1.21 bits per heavy atom. The minimum Gasteiger partial charge on any atom is -0.444 e. The Balaban J connectivity index is 1.73. The molecular formula is C27H31ClFN5O5. The predicted octanol–water partition coefficient (Wildman–Crippen LogP) is 4.54. The van der Waals surface area contributed by atoms with E-state index in [2.05, 4.69) is 15.7 Å². The molecule has 10 nitrogen and oxygen atoms in total. The summed E-state index contributed by atoms with van der Waals surface area (Å²) < 4.78 is 20.7. The molecule has 3 amide bonds. The van der Waals surface area contributed by atoms with E-state index in [4.69, 9.17) is 16.3 Å². The summed E-state index contributed by atoms with van der Waals surface area (Å²) in [5.41, 5.74) is 0.510. The van der Waals surface area contributed by atoms with Crippen LogP contribution >= 0.6 is 11.6 Å². The maximum absolute atomic E-state index is 14.1. The normalized spacial score (nSPS) is 11.4. The Bertz CT molecular complexity index is 1400. The maximum Gasteiger partial charge on any atom is 0.412 e. The third kappa shape index (κ3) is 7.76. The van der Waals surface area contributed by atoms with Crippen LogP contribution in [-0.2, 0) is 27.4 Å². The van der Waals surface area contributed by atoms with Crippen LogP contribution < -0.4 is 10.6 Å². The molecule has 39 heavy (non-hydrogen) atoms. The average Bonchev–Trinajstić information content (AvgIpc) is 3.18. The van der Waals surface area contributed by atoms with Gasteiger partial charge >= 0.3 is 6.09 Å². The standard InChI is InChI=1S/C27H31ClFN5O5/c1-16(2)33(13-23(36)30-12-17-7-6-8-20(28)25(17)29)24(37)14-34-22-10-9-18(11-19(22)21(15-35)32-34)31-26(38)39-27(3,4)5/h6-11,15-16H,12-14H2,1-5H3,(H,30,36)(H,31,38). The molecule has 0 fully saturated rings. The molecule has 0 bridgehead atoms. The number of rotatable bonds is 9. The second kappa shape index (κ2) is 12.2. The van der Waals surface area contributed by atoms with Gasteiger partial charge in [0.1, 0.15) is 23.7 Å². The lowest BCUT2D eigenvalue weighted by Crippen LogP contribution is -2.45. The van der Waals surface area contributed by atoms with Gasteiger partial charge in [0.2, 0.25) is 11.8 Å². The van der Waals surface area contributed by atoms with Crippen molar-refractivity contribution < 1.29 is 28.3 Å². The Morgan fingerprint density at radius 3 is 2.56 bits per heavy atom. The van der Waals surface area contributed by atoms with Gasteiger partial charge in [0.15, 0.2) is 6.29 Å². The van der Waals surface area contributed by atoms with Crippen molar-refractivity contribution in [3.63, 3.8) is 0 Å². The van der Waals surface area contributed by atoms with Crippen molar-refractivity contribution in [2.45, 2.75) is 59.4 Å². The van der Waals surface area contributed by atoms with E-state index in [1.54, 1.807) is 58.9 Å². The van der Waals surface area contributed by atoms with Crippen LogP contribution in [0.4, 0.5) is 14.9 Å². The fraction of sp³-hybridized carbons (Fsp3) is 0.370. The molecular weight excluding hydrogens is 529 g/mol. The molecule has 3 aromatic rings. The van der Waals surface area contributed by atoms with Crippen molar-refractivity contribution in [3.8, 4) is 0 Å². The van der Waals surface area contributed by atoms with Gasteiger partial charge in [-0.05, 0) is 58.9 Å². The van der Waals surface area contributed by atoms with Crippen LogP contribution in [-0.4, -0.2) is 57.1 Å². The molecule has 0 radical (unpaired) electrons. The van der Waals surface area contributed by atoms with Crippen LogP contribution in [0.25, 0.3) is 10.9 Å². The summed E-state index contributed by atoms with van der Waals surface area (Å²) in [6, 6.07) is 8.97. The highest BCUT2D eigenvalue weighted by atomic mass is 35.5. The van der Waals surface area contributed by atoms with Crippen LogP contribution in [0.3, 0.4) is 0 Å². The summed E-state index contributed by atoms with van der Waals surface area (Å²) in [4.78, 5) is 51.0. The topological polar surface area (TPSA) is 123 Å². The van der Waals surface area contributed by atoms with Crippen LogP contribution in [0.5, 0.6) is 0 Å². The van der Waals surface area contributed by atoms with E-state index in [1.165, 1.54) is 21.7 Å². The molecule has 0 aliphatic carbocycles. The van der Waals surface area contributed by atoms with Gasteiger partial charge in [-0.3, -0.25) is 24.4 Å². The first-order valence-electron chi connectivity index (χ1n) is 12.2. The molecule has 0 saturated carbocycles. The number of benzene rings is 2. The number of aldehydes is 1. The third-order valence-electron chi connectivity index (χ3n) is 5.59. The van der Waals surface area contributed by atoms with E-state index in [-0.39, 0.29) is 42.0 Å². The van der Waals surface area contributed by atoms with Crippen LogP contribution in [0, 0.1) is 5.82 Å². The first-order valence-corrected chi connectivity index (χ1v) is 12.6. The number of fused-ring (bicyclic) bond motifs is 1. The first kappa shape index (κ1) is 29.6. The molecule has 0 atom stereocenters. The second-order valence-electron chi connectivity index (χ2n) is 10.1. The average molecular weight is 560 g/mol. The Hall–Kier alpha value is -3.99. The summed E-state index contributed by atoms with van der Waals surface area (Å²) in [6.07, 6.45) is -0.0931. The van der Waals surface area contributed by atoms with Crippen LogP contribution in [0.2, 0.25) is 5.02 Å². The highest BCUT2D eigenvalue weighted by Gasteiger charge is 2.23. The van der Waals surface area contributed by atoms with Crippen LogP contribution in [0.1, 0.15) is 50.7 Å². The van der Waals surface area contributed by atoms with Crippen LogP contribution in [0.15, 0.2) is 36.4 Å². The quantitative estimate of drug-likeness (QED) is 0.371. The number of halogens is 2. The lowest BCUT2D eigenvalue weighted by molar-refractivity contribution is -0.138. The second-order valence-corrected chi connectivity index (χ2v) is 10.5. The van der Waals surface area contributed by atoms with E-state index >= 15 is 0 Å². The molecule has 3 rings (SSSR count). The van der Waals surface area contributed by atoms with E-state index in [0.29, 0.717) is 22.9 Å². The van der Waals surface area contributed by atoms with Gasteiger partial charge in [-0.25, -0.2) is 9.18 Å². The largest absolute Gasteiger partial charge is 0.444 e. The van der Waals surface area contributed by atoms with E-state index in [1.807, 2.05) is 0 Å². The molecule has 1 heterocycles. The molecule has 0 spiro atoms. The fourth-order valence-electron chi connectivity index (χ4n) is 3.78. The highest BCUT2D eigenvalue weighted by Crippen LogP contribution is 2.23. The number of nitrogens with one attached hydrogen (secondary N) is 2. The fourth-order valence-corrected chi connectivity index (χ4v) is 3.97. The predicted molar refractivity (Wildman–Crippen MR) is 145 cm³/mol. The molecule has 0 aliphatic rings. The molecule has 12 heteroatoms. The first-order chi connectivity index (χ1) is 18.3. The number of hydrogen-bond donors (Lipinski definition) is 2. The van der Waals surface area contributed by atoms with E-state index < -0.39 is 29.3 Å². The highest BCUT2D eigenvalue weighted by molar-refractivity contribution is 6.30. The van der Waals surface area contributed by atoms with Gasteiger partial charge in [-0.1, -0.05) is 23.7 Å². The SMILES string of the molecule is CC(C)N(CC(=O)NCc1cccc(Cl)c1F)C(=O)Cn1nc(C=O)c2cc(NC(=O)OC(C)(C)C)ccc21. The molecule has 208 valence electrons. The third-order valence-corrected chi connectivity index (χ3v) is 5.88. The van der Waals surface area contributed by atoms with Gasteiger partial charge in [0, 0.05) is 29.2 Å². The zero-order valence-corrected chi connectivity index (χ0v) is 23.1. The molecule has 0 saturated heterocycles. The number of aromatic nitrogens is 2. The number of nitrogens with zero attached hydrogens (tertiary/aromatic N) is 3. The zero-order chi connectivity index (χ0) is 28.9. The minimum absolute atomic E-state index is 0.0466. The summed E-state index contributed by atoms with van der Waals surface area (Å²) in [5.74, 6) is -1.50. The summed E-state index contributed by atoms with van der Waals surface area (Å²) in [5, 5.41) is 9.85. The number of ether oxygens (including phenoxy) is 1. The van der Waals surface area contributed by atoms with Crippen molar-refractivity contribution in [1.82, 2.24) is 20.0 Å². The maximum atomic E-state index is 14.1. The number of anilines is 1. The molecule has 0 unspecified atom stereocenters. The molecule has 1 aromatic heterocycles. The van der Waals surface area contributed by atoms with E-state index in [0.717, 1.165) is 0 Å². The van der Waals surface area contributed by atoms with Crippen molar-refractivity contribution in [2.75, 3.05) is 11.9 Å². The van der Waals surface area contributed by atoms with Gasteiger partial charge in [-0.2, -0.15) is 5.10 Å². The zero-order valence-electron chi connectivity index (χ0n) is 22.4. The minimum atomic E-state index is -0.683. The lowest BCUT2D eigenvalue weighted by atomic mass is 10.2. The van der Waals surface area contributed by atoms with E-state index in [9.17, 15) is 23.6 Å². The van der Waals surface area contributed by atoms with Crippen molar-refractivity contribution in [2.24, 2.45) is 0 Å². The molecule has 0 aliphatic heterocycles. The van der Waals surface area contributed by atoms with Crippen molar-refractivity contribution >= 4 is 52.4 Å². The number of hydrogen-bond acceptors (Lipinski definition) is 6. The summed E-state index contributed by atoms with van der Waals surface area (Å²) in [6.45, 7) is 8.15. The van der Waals surface area contributed by atoms with Gasteiger partial charge in [-0.15, -0.1) is 0 Å². The summed E-state index contributed by atoms with van der Waals surface area (Å²) >= 11 is 5.79. The monoisotopic (exact) mass is 559 g/mol. The molecule has 2 N–H and O–H groups in total. The van der Waals surface area contributed by atoms with Gasteiger partial charge < -0.3 is 15.0 Å². The lowest BCUT2D eigenvalue weighted by Gasteiger charge is -2.26. The summed E-state index contributed by atoms with van der Waals surface area (Å²) in [7, 11) is 0. The smallest absolute Gasteiger partial charge is 0.412 e. The number of amides is 3. The number of carbonyl (C=O) groups is 4. The number of carbonyl (C=O) groups excluding carboxylic acids is 4. The molecule has 2 aromatic carbocycles. The van der Waals surface area contributed by atoms with Gasteiger partial charge in [0.05, 0.1) is 17.1 Å². The Kier molecular flexibility index (Phi) is 9.28.